The van der Waals surface area contributed by atoms with E-state index in [-0.39, 0.29) is 19.6 Å². The summed E-state index contributed by atoms with van der Waals surface area (Å²) in [6.07, 6.45) is -2.70. The molecule has 0 aliphatic heterocycles. The zero-order valence-electron chi connectivity index (χ0n) is 13.1. The fourth-order valence-electron chi connectivity index (χ4n) is 1.85. The first kappa shape index (κ1) is 24.8. The Morgan fingerprint density at radius 3 is 1.75 bits per heavy atom. The summed E-state index contributed by atoms with van der Waals surface area (Å²) in [6.45, 7) is 2.77. The Morgan fingerprint density at radius 2 is 1.33 bits per heavy atom. The van der Waals surface area contributed by atoms with E-state index in [1.54, 1.807) is 11.8 Å². The maximum absolute atomic E-state index is 10.9. The molecule has 0 rings (SSSR count). The molecule has 15 heteroatoms. The molecule has 0 aromatic rings. The Morgan fingerprint density at radius 1 is 0.792 bits per heavy atom. The van der Waals surface area contributed by atoms with Crippen molar-refractivity contribution in [3.63, 3.8) is 0 Å². The first-order valence-corrected chi connectivity index (χ1v) is 12.1. The molecule has 0 heterocycles. The molecule has 2 N–H and O–H groups in total. The molecule has 0 fully saturated rings. The van der Waals surface area contributed by atoms with Crippen molar-refractivity contribution in [1.29, 1.82) is 0 Å². The Bertz CT molecular complexity index is 332. The molecular formula is C9H21N3O9P3-5. The summed E-state index contributed by atoms with van der Waals surface area (Å²) in [7, 11) is -14.4. The fraction of sp³-hybridized carbons (Fsp3) is 1.00. The molecule has 12 nitrogen and oxygen atoms in total. The van der Waals surface area contributed by atoms with Crippen LogP contribution in [-0.2, 0) is 0 Å². The summed E-state index contributed by atoms with van der Waals surface area (Å²) in [4.78, 5) is 96.8. The lowest BCUT2D eigenvalue weighted by Crippen LogP contribution is -2.47. The van der Waals surface area contributed by atoms with Gasteiger partial charge in [0.05, 0.1) is 20.5 Å². The van der Waals surface area contributed by atoms with Gasteiger partial charge in [0.25, 0.3) is 0 Å². The number of hydrogen-bond donors (Lipinski definition) is 2. The van der Waals surface area contributed by atoms with Gasteiger partial charge in [0, 0.05) is 26.2 Å². The lowest BCUT2D eigenvalue weighted by molar-refractivity contribution is -0.431. The van der Waals surface area contributed by atoms with Crippen LogP contribution in [0.4, 0.5) is 0 Å². The molecule has 0 radical (unpaired) electrons. The van der Waals surface area contributed by atoms with Gasteiger partial charge in [-0.1, -0.05) is 6.92 Å². The van der Waals surface area contributed by atoms with Crippen molar-refractivity contribution in [2.24, 2.45) is 0 Å². The summed E-state index contributed by atoms with van der Waals surface area (Å²) in [5.41, 5.74) is 0. The van der Waals surface area contributed by atoms with Crippen LogP contribution in [0.5, 0.6) is 0 Å². The largest absolute Gasteiger partial charge is 0.687 e. The highest BCUT2D eigenvalue weighted by atomic mass is 31.2. The standard InChI is InChI=1S/C9H26N3O9P3/c1-2-11(4-3-10-7-22(13,14)15)5-6-12(8-23(16,17)18)9-24(19,20)21/h10H,2-9H2,1H3,(H2,13,14,15)(H2,16,17,18)(H2,19,20,21)/p-5. The normalized spacial score (nSPS) is 14.0. The van der Waals surface area contributed by atoms with E-state index in [1.807, 2.05) is 0 Å². The first-order valence-electron chi connectivity index (χ1n) is 6.92. The third kappa shape index (κ3) is 16.3. The van der Waals surface area contributed by atoms with E-state index in [0.717, 1.165) is 4.90 Å². The lowest BCUT2D eigenvalue weighted by Gasteiger charge is -2.46. The molecule has 24 heavy (non-hydrogen) atoms. The number of likely N-dealkylation sites (N-methyl/N-ethyl adjacent to an activating group) is 1. The van der Waals surface area contributed by atoms with Gasteiger partial charge in [0.2, 0.25) is 0 Å². The van der Waals surface area contributed by atoms with E-state index < -0.39 is 42.7 Å². The molecule has 0 amide bonds. The van der Waals surface area contributed by atoms with E-state index in [4.69, 9.17) is 4.89 Å². The van der Waals surface area contributed by atoms with E-state index in [2.05, 4.69) is 5.32 Å². The topological polar surface area (TPSA) is 223 Å². The molecule has 0 bridgehead atoms. The minimum absolute atomic E-state index is 0.114. The van der Waals surface area contributed by atoms with Gasteiger partial charge in [-0.05, 0) is 6.54 Å². The molecule has 0 spiro atoms. The highest BCUT2D eigenvalue weighted by Gasteiger charge is 2.19. The van der Waals surface area contributed by atoms with Crippen LogP contribution in [-0.4, -0.2) is 66.3 Å². The van der Waals surface area contributed by atoms with Crippen LogP contribution in [0.3, 0.4) is 0 Å². The number of rotatable bonds is 13. The monoisotopic (exact) mass is 408 g/mol. The van der Waals surface area contributed by atoms with Gasteiger partial charge in [-0.15, -0.1) is 15.9 Å². The van der Waals surface area contributed by atoms with Crippen molar-refractivity contribution in [2.75, 3.05) is 51.6 Å². The zero-order chi connectivity index (χ0) is 19.0. The van der Waals surface area contributed by atoms with Crippen molar-refractivity contribution in [3.8, 4) is 0 Å². The van der Waals surface area contributed by atoms with E-state index in [1.165, 1.54) is 0 Å². The van der Waals surface area contributed by atoms with Crippen LogP contribution in [0, 0.1) is 0 Å². The van der Waals surface area contributed by atoms with Gasteiger partial charge < -0.3 is 44.0 Å². The summed E-state index contributed by atoms with van der Waals surface area (Å²) in [5.74, 6) is 0. The van der Waals surface area contributed by atoms with Crippen LogP contribution >= 0.6 is 23.8 Å². The van der Waals surface area contributed by atoms with Crippen LogP contribution < -0.4 is 44.5 Å². The predicted molar refractivity (Wildman–Crippen MR) is 74.4 cm³/mol. The summed E-state index contributed by atoms with van der Waals surface area (Å²) >= 11 is 0. The Kier molecular flexibility index (Phi) is 11.2. The molecule has 0 aromatic heterocycles. The summed E-state index contributed by atoms with van der Waals surface area (Å²) < 4.78 is 0. The summed E-state index contributed by atoms with van der Waals surface area (Å²) in [5, 5.41) is 2.43. The average Bonchev–Trinajstić information content (AvgIpc) is 2.32. The van der Waals surface area contributed by atoms with Crippen LogP contribution in [0.1, 0.15) is 6.92 Å². The molecule has 0 unspecified atom stereocenters. The lowest BCUT2D eigenvalue weighted by atomic mass is 10.4. The molecule has 0 saturated carbocycles. The quantitative estimate of drug-likeness (QED) is 0.214. The smallest absolute Gasteiger partial charge is 0.131 e. The SMILES string of the molecule is CCN(CCNC[P+]([O-])([O-])[O-])CCN(C[P+]([O-])([O-])[O-])C[P+]([O-])([O-])O. The highest BCUT2D eigenvalue weighted by molar-refractivity contribution is 7.56. The van der Waals surface area contributed by atoms with Crippen LogP contribution in [0.15, 0.2) is 0 Å². The zero-order valence-corrected chi connectivity index (χ0v) is 15.8. The minimum Gasteiger partial charge on any atom is -0.687 e. The Hall–Kier alpha value is 0.810. The van der Waals surface area contributed by atoms with Crippen molar-refractivity contribution < 1.29 is 44.0 Å². The second-order valence-corrected chi connectivity index (χ2v) is 9.73. The third-order valence-corrected chi connectivity index (χ3v) is 4.96. The van der Waals surface area contributed by atoms with Gasteiger partial charge in [0.1, 0.15) is 6.29 Å². The molecule has 0 atom stereocenters. The van der Waals surface area contributed by atoms with Crippen molar-refractivity contribution >= 4 is 23.8 Å². The number of nitrogens with zero attached hydrogens (tertiary/aromatic N) is 2. The average molecular weight is 408 g/mol. The second kappa shape index (κ2) is 10.8. The van der Waals surface area contributed by atoms with Gasteiger partial charge in [0.15, 0.2) is 0 Å². The van der Waals surface area contributed by atoms with E-state index >= 15 is 0 Å². The second-order valence-electron chi connectivity index (χ2n) is 5.13. The van der Waals surface area contributed by atoms with Gasteiger partial charge in [-0.3, -0.25) is 10.2 Å². The van der Waals surface area contributed by atoms with Crippen LogP contribution in [0.25, 0.3) is 0 Å². The molecular weight excluding hydrogens is 387 g/mol. The maximum atomic E-state index is 10.9. The van der Waals surface area contributed by atoms with E-state index in [9.17, 15) is 39.1 Å². The predicted octanol–water partition coefficient (Wildman–Crippen LogP) is -7.77. The molecule has 0 aliphatic carbocycles. The van der Waals surface area contributed by atoms with Gasteiger partial charge in [-0.2, -0.15) is 0 Å². The fourth-order valence-corrected chi connectivity index (χ4v) is 3.92. The molecule has 146 valence electrons. The molecule has 0 aromatic carbocycles. The van der Waals surface area contributed by atoms with Crippen molar-refractivity contribution in [1.82, 2.24) is 15.1 Å². The highest BCUT2D eigenvalue weighted by Crippen LogP contribution is 2.37. The maximum Gasteiger partial charge on any atom is 0.131 e. The van der Waals surface area contributed by atoms with E-state index in [0.29, 0.717) is 13.1 Å². The number of nitrogens with one attached hydrogen (secondary N) is 1. The number of hydrogen-bond acceptors (Lipinski definition) is 12. The minimum atomic E-state index is -5.00. The Balaban J connectivity index is 4.35. The van der Waals surface area contributed by atoms with Crippen molar-refractivity contribution in [2.45, 2.75) is 6.92 Å². The van der Waals surface area contributed by atoms with Gasteiger partial charge >= 0.3 is 0 Å². The molecule has 0 aliphatic rings. The Labute approximate surface area is 142 Å². The first-order chi connectivity index (χ1) is 10.7. The van der Waals surface area contributed by atoms with Crippen molar-refractivity contribution in [3.05, 3.63) is 0 Å². The molecule has 0 saturated heterocycles. The third-order valence-electron chi connectivity index (χ3n) is 2.84. The van der Waals surface area contributed by atoms with Crippen LogP contribution in [0.2, 0.25) is 0 Å². The van der Waals surface area contributed by atoms with Gasteiger partial charge in [-0.25, -0.2) is 4.90 Å². The summed E-state index contributed by atoms with van der Waals surface area (Å²) in [6, 6.07) is 0.